The quantitative estimate of drug-likeness (QED) is 0.686. The lowest BCUT2D eigenvalue weighted by molar-refractivity contribution is 0.249. The van der Waals surface area contributed by atoms with Crippen LogP contribution in [0.15, 0.2) is 24.3 Å². The van der Waals surface area contributed by atoms with Gasteiger partial charge in [-0.05, 0) is 49.8 Å². The van der Waals surface area contributed by atoms with Gasteiger partial charge in [-0.3, -0.25) is 4.90 Å². The van der Waals surface area contributed by atoms with Crippen molar-refractivity contribution in [3.05, 3.63) is 51.7 Å². The van der Waals surface area contributed by atoms with E-state index < -0.39 is 0 Å². The standard InChI is InChI=1S/C22H26N4S/c1-15-6-3-4-7-17(15)14-25-10-12-26(13-11-25)21-20-18-8-5-9-19(18)27-22(20)24-16(2)23-21/h3-4,6-7H,5,8-14H2,1-2H3. The fourth-order valence-electron chi connectivity index (χ4n) is 4.46. The number of anilines is 1. The molecule has 0 N–H and O–H groups in total. The van der Waals surface area contributed by atoms with Gasteiger partial charge in [0.25, 0.3) is 0 Å². The summed E-state index contributed by atoms with van der Waals surface area (Å²) in [6, 6.07) is 8.74. The van der Waals surface area contributed by atoms with E-state index in [1.165, 1.54) is 52.0 Å². The number of benzene rings is 1. The number of fused-ring (bicyclic) bond motifs is 3. The molecule has 2 aromatic heterocycles. The van der Waals surface area contributed by atoms with E-state index in [-0.39, 0.29) is 0 Å². The van der Waals surface area contributed by atoms with E-state index in [9.17, 15) is 0 Å². The molecule has 0 atom stereocenters. The second-order valence-corrected chi connectivity index (χ2v) is 8.91. The van der Waals surface area contributed by atoms with Crippen LogP contribution in [0.3, 0.4) is 0 Å². The predicted molar refractivity (Wildman–Crippen MR) is 113 cm³/mol. The summed E-state index contributed by atoms with van der Waals surface area (Å²) in [6.07, 6.45) is 3.70. The molecule has 4 nitrogen and oxygen atoms in total. The number of hydrogen-bond donors (Lipinski definition) is 0. The zero-order chi connectivity index (χ0) is 18.4. The Bertz CT molecular complexity index is 985. The van der Waals surface area contributed by atoms with Crippen molar-refractivity contribution in [1.29, 1.82) is 0 Å². The SMILES string of the molecule is Cc1nc(N2CCN(Cc3ccccc3C)CC2)c2c3c(sc2n1)CCC3. The fraction of sp³-hybridized carbons (Fsp3) is 0.455. The minimum atomic E-state index is 0.903. The predicted octanol–water partition coefficient (Wildman–Crippen LogP) is 4.12. The Labute approximate surface area is 164 Å². The lowest BCUT2D eigenvalue weighted by Crippen LogP contribution is -2.46. The van der Waals surface area contributed by atoms with Gasteiger partial charge in [-0.2, -0.15) is 0 Å². The molecular formula is C22H26N4S. The number of aromatic nitrogens is 2. The van der Waals surface area contributed by atoms with Crippen molar-refractivity contribution in [2.75, 3.05) is 31.1 Å². The van der Waals surface area contributed by atoms with Crippen LogP contribution in [0, 0.1) is 13.8 Å². The zero-order valence-corrected chi connectivity index (χ0v) is 17.0. The van der Waals surface area contributed by atoms with Crippen molar-refractivity contribution in [2.45, 2.75) is 39.7 Å². The molecule has 5 rings (SSSR count). The molecule has 0 unspecified atom stereocenters. The molecule has 1 fully saturated rings. The highest BCUT2D eigenvalue weighted by molar-refractivity contribution is 7.19. The number of nitrogens with zero attached hydrogens (tertiary/aromatic N) is 4. The van der Waals surface area contributed by atoms with Crippen molar-refractivity contribution < 1.29 is 0 Å². The first-order valence-electron chi connectivity index (χ1n) is 10.00. The summed E-state index contributed by atoms with van der Waals surface area (Å²) in [6.45, 7) is 9.55. The summed E-state index contributed by atoms with van der Waals surface area (Å²) in [5.41, 5.74) is 4.37. The van der Waals surface area contributed by atoms with Gasteiger partial charge < -0.3 is 4.90 Å². The summed E-state index contributed by atoms with van der Waals surface area (Å²) in [4.78, 5) is 17.5. The molecule has 1 aliphatic heterocycles. The second-order valence-electron chi connectivity index (χ2n) is 7.82. The third kappa shape index (κ3) is 3.13. The van der Waals surface area contributed by atoms with Crippen molar-refractivity contribution in [2.24, 2.45) is 0 Å². The Balaban J connectivity index is 1.37. The highest BCUT2D eigenvalue weighted by Crippen LogP contribution is 2.40. The Morgan fingerprint density at radius 1 is 1.00 bits per heavy atom. The van der Waals surface area contributed by atoms with Crippen LogP contribution < -0.4 is 4.90 Å². The van der Waals surface area contributed by atoms with E-state index >= 15 is 0 Å². The van der Waals surface area contributed by atoms with Gasteiger partial charge in [0.2, 0.25) is 0 Å². The van der Waals surface area contributed by atoms with Crippen molar-refractivity contribution in [3.8, 4) is 0 Å². The molecule has 140 valence electrons. The molecule has 0 bridgehead atoms. The van der Waals surface area contributed by atoms with Crippen LogP contribution in [0.2, 0.25) is 0 Å². The molecule has 27 heavy (non-hydrogen) atoms. The number of piperazine rings is 1. The van der Waals surface area contributed by atoms with Gasteiger partial charge in [0, 0.05) is 37.6 Å². The van der Waals surface area contributed by atoms with E-state index in [0.717, 1.165) is 38.5 Å². The Morgan fingerprint density at radius 3 is 2.63 bits per heavy atom. The maximum absolute atomic E-state index is 4.90. The van der Waals surface area contributed by atoms with Gasteiger partial charge in [0.1, 0.15) is 16.5 Å². The van der Waals surface area contributed by atoms with E-state index in [1.54, 1.807) is 4.88 Å². The van der Waals surface area contributed by atoms with Crippen molar-refractivity contribution >= 4 is 27.4 Å². The molecule has 0 saturated carbocycles. The summed E-state index contributed by atoms with van der Waals surface area (Å²) < 4.78 is 0. The summed E-state index contributed by atoms with van der Waals surface area (Å²) in [7, 11) is 0. The van der Waals surface area contributed by atoms with Gasteiger partial charge >= 0.3 is 0 Å². The highest BCUT2D eigenvalue weighted by atomic mass is 32.1. The van der Waals surface area contributed by atoms with E-state index in [2.05, 4.69) is 41.0 Å². The van der Waals surface area contributed by atoms with E-state index in [4.69, 9.17) is 9.97 Å². The zero-order valence-electron chi connectivity index (χ0n) is 16.2. The largest absolute Gasteiger partial charge is 0.353 e. The maximum atomic E-state index is 4.90. The number of thiophene rings is 1. The molecule has 0 radical (unpaired) electrons. The summed E-state index contributed by atoms with van der Waals surface area (Å²) in [5, 5.41) is 1.35. The molecule has 1 aromatic carbocycles. The van der Waals surface area contributed by atoms with Gasteiger partial charge in [-0.1, -0.05) is 24.3 Å². The third-order valence-electron chi connectivity index (χ3n) is 5.98. The monoisotopic (exact) mass is 378 g/mol. The second kappa shape index (κ2) is 6.88. The Hall–Kier alpha value is -1.98. The Morgan fingerprint density at radius 2 is 1.81 bits per heavy atom. The maximum Gasteiger partial charge on any atom is 0.141 e. The third-order valence-corrected chi connectivity index (χ3v) is 7.17. The Kier molecular flexibility index (Phi) is 4.37. The minimum absolute atomic E-state index is 0.903. The van der Waals surface area contributed by atoms with Gasteiger partial charge in [0.15, 0.2) is 0 Å². The average Bonchev–Trinajstić information content (AvgIpc) is 3.24. The first-order chi connectivity index (χ1) is 13.2. The lowest BCUT2D eigenvalue weighted by Gasteiger charge is -2.36. The molecule has 0 spiro atoms. The average molecular weight is 379 g/mol. The molecule has 2 aliphatic rings. The topological polar surface area (TPSA) is 32.3 Å². The van der Waals surface area contributed by atoms with Gasteiger partial charge in [-0.15, -0.1) is 11.3 Å². The van der Waals surface area contributed by atoms with Crippen LogP contribution >= 0.6 is 11.3 Å². The normalized spacial score (nSPS) is 17.6. The first kappa shape index (κ1) is 17.1. The van der Waals surface area contributed by atoms with Crippen LogP contribution in [0.1, 0.15) is 33.8 Å². The van der Waals surface area contributed by atoms with Crippen LogP contribution in [0.25, 0.3) is 10.2 Å². The molecule has 1 saturated heterocycles. The number of aryl methyl sites for hydroxylation is 4. The van der Waals surface area contributed by atoms with Gasteiger partial charge in [-0.25, -0.2) is 9.97 Å². The van der Waals surface area contributed by atoms with Crippen LogP contribution in [-0.2, 0) is 19.4 Å². The molecular weight excluding hydrogens is 352 g/mol. The molecule has 3 heterocycles. The molecule has 1 aliphatic carbocycles. The number of hydrogen-bond acceptors (Lipinski definition) is 5. The smallest absolute Gasteiger partial charge is 0.141 e. The van der Waals surface area contributed by atoms with Crippen molar-refractivity contribution in [3.63, 3.8) is 0 Å². The first-order valence-corrected chi connectivity index (χ1v) is 10.8. The van der Waals surface area contributed by atoms with E-state index in [0.29, 0.717) is 0 Å². The van der Waals surface area contributed by atoms with Crippen LogP contribution in [0.5, 0.6) is 0 Å². The summed E-state index contributed by atoms with van der Waals surface area (Å²) in [5.74, 6) is 2.09. The van der Waals surface area contributed by atoms with Gasteiger partial charge in [0.05, 0.1) is 5.39 Å². The summed E-state index contributed by atoms with van der Waals surface area (Å²) >= 11 is 1.89. The number of rotatable bonds is 3. The minimum Gasteiger partial charge on any atom is -0.353 e. The van der Waals surface area contributed by atoms with Crippen molar-refractivity contribution in [1.82, 2.24) is 14.9 Å². The fourth-order valence-corrected chi connectivity index (χ4v) is 5.76. The van der Waals surface area contributed by atoms with Crippen LogP contribution in [-0.4, -0.2) is 41.0 Å². The van der Waals surface area contributed by atoms with Crippen LogP contribution in [0.4, 0.5) is 5.82 Å². The molecule has 3 aromatic rings. The highest BCUT2D eigenvalue weighted by Gasteiger charge is 2.26. The molecule has 5 heteroatoms. The lowest BCUT2D eigenvalue weighted by atomic mass is 10.1. The molecule has 0 amide bonds. The van der Waals surface area contributed by atoms with E-state index in [1.807, 2.05) is 18.3 Å².